The monoisotopic (exact) mass is 209 g/mol. The smallest absolute Gasteiger partial charge is 0.0492 e. The summed E-state index contributed by atoms with van der Waals surface area (Å²) in [6.45, 7) is 6.57. The maximum Gasteiger partial charge on any atom is 0.0492 e. The summed E-state index contributed by atoms with van der Waals surface area (Å²) in [5, 5.41) is 4.16. The van der Waals surface area contributed by atoms with Crippen molar-refractivity contribution in [3.63, 3.8) is 0 Å². The molecule has 2 N–H and O–H groups in total. The van der Waals surface area contributed by atoms with Gasteiger partial charge in [0.2, 0.25) is 0 Å². The Morgan fingerprint density at radius 1 is 1.53 bits per heavy atom. The lowest BCUT2D eigenvalue weighted by atomic mass is 9.81. The lowest BCUT2D eigenvalue weighted by Crippen LogP contribution is -2.44. The van der Waals surface area contributed by atoms with Gasteiger partial charge in [-0.1, -0.05) is 20.8 Å². The van der Waals surface area contributed by atoms with Crippen molar-refractivity contribution in [2.24, 2.45) is 18.7 Å². The third kappa shape index (κ3) is 2.81. The molecule has 0 radical (unpaired) electrons. The topological polar surface area (TPSA) is 43.8 Å². The van der Waals surface area contributed by atoms with Gasteiger partial charge in [-0.15, -0.1) is 0 Å². The first-order valence-corrected chi connectivity index (χ1v) is 5.75. The van der Waals surface area contributed by atoms with Crippen molar-refractivity contribution in [2.45, 2.75) is 45.6 Å². The minimum atomic E-state index is -0.0374. The van der Waals surface area contributed by atoms with E-state index in [-0.39, 0.29) is 5.54 Å². The van der Waals surface area contributed by atoms with Crippen LogP contribution in [-0.2, 0) is 13.5 Å². The summed E-state index contributed by atoms with van der Waals surface area (Å²) in [5.74, 6) is 0.524. The zero-order valence-electron chi connectivity index (χ0n) is 10.3. The SMILES string of the molecule is CCC(N)(CCc1ccnn1C)C(C)C. The summed E-state index contributed by atoms with van der Waals surface area (Å²) in [6.07, 6.45) is 4.91. The maximum atomic E-state index is 6.38. The van der Waals surface area contributed by atoms with Crippen LogP contribution in [-0.4, -0.2) is 15.3 Å². The fourth-order valence-electron chi connectivity index (χ4n) is 1.88. The highest BCUT2D eigenvalue weighted by atomic mass is 15.2. The molecule has 1 aromatic heterocycles. The fraction of sp³-hybridized carbons (Fsp3) is 0.750. The average molecular weight is 209 g/mol. The van der Waals surface area contributed by atoms with E-state index in [0.29, 0.717) is 5.92 Å². The van der Waals surface area contributed by atoms with Gasteiger partial charge in [0.1, 0.15) is 0 Å². The van der Waals surface area contributed by atoms with Gasteiger partial charge in [-0.05, 0) is 31.2 Å². The highest BCUT2D eigenvalue weighted by Crippen LogP contribution is 2.23. The Bertz CT molecular complexity index is 304. The van der Waals surface area contributed by atoms with Crippen LogP contribution in [0, 0.1) is 5.92 Å². The number of nitrogens with zero attached hydrogens (tertiary/aromatic N) is 2. The summed E-state index contributed by atoms with van der Waals surface area (Å²) in [5.41, 5.74) is 7.60. The number of hydrogen-bond acceptors (Lipinski definition) is 2. The Morgan fingerprint density at radius 2 is 2.20 bits per heavy atom. The molecule has 1 atom stereocenters. The average Bonchev–Trinajstić information content (AvgIpc) is 2.60. The van der Waals surface area contributed by atoms with E-state index in [1.54, 1.807) is 0 Å². The molecule has 0 amide bonds. The van der Waals surface area contributed by atoms with Crippen molar-refractivity contribution in [1.82, 2.24) is 9.78 Å². The molecule has 15 heavy (non-hydrogen) atoms. The van der Waals surface area contributed by atoms with Gasteiger partial charge in [0, 0.05) is 24.5 Å². The minimum Gasteiger partial charge on any atom is -0.325 e. The van der Waals surface area contributed by atoms with Crippen molar-refractivity contribution >= 4 is 0 Å². The molecule has 0 aliphatic heterocycles. The van der Waals surface area contributed by atoms with Gasteiger partial charge >= 0.3 is 0 Å². The van der Waals surface area contributed by atoms with Crippen LogP contribution < -0.4 is 5.73 Å². The van der Waals surface area contributed by atoms with Crippen molar-refractivity contribution in [3.8, 4) is 0 Å². The Hall–Kier alpha value is -0.830. The van der Waals surface area contributed by atoms with Crippen LogP contribution in [0.3, 0.4) is 0 Å². The van der Waals surface area contributed by atoms with E-state index in [1.807, 2.05) is 17.9 Å². The molecule has 0 saturated carbocycles. The predicted molar refractivity (Wildman–Crippen MR) is 63.6 cm³/mol. The summed E-state index contributed by atoms with van der Waals surface area (Å²) < 4.78 is 1.93. The molecule has 1 unspecified atom stereocenters. The van der Waals surface area contributed by atoms with E-state index in [9.17, 15) is 0 Å². The summed E-state index contributed by atoms with van der Waals surface area (Å²) in [6, 6.07) is 2.07. The number of hydrogen-bond donors (Lipinski definition) is 1. The van der Waals surface area contributed by atoms with Gasteiger partial charge < -0.3 is 5.73 Å². The van der Waals surface area contributed by atoms with Gasteiger partial charge in [-0.25, -0.2) is 0 Å². The van der Waals surface area contributed by atoms with Crippen molar-refractivity contribution in [1.29, 1.82) is 0 Å². The Balaban J connectivity index is 2.59. The molecule has 0 aliphatic carbocycles. The molecule has 1 aromatic rings. The first-order valence-electron chi connectivity index (χ1n) is 5.75. The second-order valence-corrected chi connectivity index (χ2v) is 4.69. The van der Waals surface area contributed by atoms with Crippen LogP contribution in [0.5, 0.6) is 0 Å². The molecule has 0 aromatic carbocycles. The number of aryl methyl sites for hydroxylation is 2. The highest BCUT2D eigenvalue weighted by molar-refractivity contribution is 5.02. The van der Waals surface area contributed by atoms with Crippen LogP contribution in [0.25, 0.3) is 0 Å². The Labute approximate surface area is 92.7 Å². The Morgan fingerprint density at radius 3 is 2.60 bits per heavy atom. The van der Waals surface area contributed by atoms with Crippen LogP contribution in [0.2, 0.25) is 0 Å². The first-order chi connectivity index (χ1) is 6.99. The number of nitrogens with two attached hydrogens (primary N) is 1. The molecule has 0 saturated heterocycles. The van der Waals surface area contributed by atoms with Crippen molar-refractivity contribution in [3.05, 3.63) is 18.0 Å². The number of aromatic nitrogens is 2. The van der Waals surface area contributed by atoms with E-state index >= 15 is 0 Å². The van der Waals surface area contributed by atoms with E-state index in [4.69, 9.17) is 5.73 Å². The van der Waals surface area contributed by atoms with E-state index in [2.05, 4.69) is 31.9 Å². The lowest BCUT2D eigenvalue weighted by molar-refractivity contribution is 0.276. The molecular formula is C12H23N3. The van der Waals surface area contributed by atoms with Crippen LogP contribution in [0.15, 0.2) is 12.3 Å². The van der Waals surface area contributed by atoms with Crippen LogP contribution >= 0.6 is 0 Å². The van der Waals surface area contributed by atoms with E-state index in [0.717, 1.165) is 19.3 Å². The molecule has 0 bridgehead atoms. The van der Waals surface area contributed by atoms with E-state index in [1.165, 1.54) is 5.69 Å². The third-order valence-electron chi connectivity index (χ3n) is 3.58. The van der Waals surface area contributed by atoms with Crippen LogP contribution in [0.4, 0.5) is 0 Å². The maximum absolute atomic E-state index is 6.38. The molecular weight excluding hydrogens is 186 g/mol. The second kappa shape index (κ2) is 4.79. The zero-order chi connectivity index (χ0) is 11.5. The summed E-state index contributed by atoms with van der Waals surface area (Å²) >= 11 is 0. The standard InChI is InChI=1S/C12H23N3/c1-5-12(13,10(2)3)8-6-11-7-9-14-15(11)4/h7,9-10H,5-6,8,13H2,1-4H3. The predicted octanol–water partition coefficient (Wildman–Crippen LogP) is 2.12. The molecule has 3 nitrogen and oxygen atoms in total. The molecule has 3 heteroatoms. The second-order valence-electron chi connectivity index (χ2n) is 4.69. The first kappa shape index (κ1) is 12.2. The van der Waals surface area contributed by atoms with Crippen molar-refractivity contribution < 1.29 is 0 Å². The highest BCUT2D eigenvalue weighted by Gasteiger charge is 2.26. The lowest BCUT2D eigenvalue weighted by Gasteiger charge is -2.32. The molecule has 0 fully saturated rings. The molecule has 1 heterocycles. The minimum absolute atomic E-state index is 0.0374. The summed E-state index contributed by atoms with van der Waals surface area (Å²) in [4.78, 5) is 0. The van der Waals surface area contributed by atoms with Gasteiger partial charge in [0.25, 0.3) is 0 Å². The molecule has 0 aliphatic rings. The quantitative estimate of drug-likeness (QED) is 0.807. The fourth-order valence-corrected chi connectivity index (χ4v) is 1.88. The van der Waals surface area contributed by atoms with Gasteiger partial charge in [-0.2, -0.15) is 5.10 Å². The van der Waals surface area contributed by atoms with Crippen LogP contribution in [0.1, 0.15) is 39.3 Å². The van der Waals surface area contributed by atoms with Gasteiger partial charge in [0.05, 0.1) is 0 Å². The van der Waals surface area contributed by atoms with Gasteiger partial charge in [0.15, 0.2) is 0 Å². The largest absolute Gasteiger partial charge is 0.325 e. The Kier molecular flexibility index (Phi) is 3.91. The normalized spacial score (nSPS) is 15.6. The molecule has 0 spiro atoms. The number of rotatable bonds is 5. The summed E-state index contributed by atoms with van der Waals surface area (Å²) in [7, 11) is 1.98. The van der Waals surface area contributed by atoms with Gasteiger partial charge in [-0.3, -0.25) is 4.68 Å². The van der Waals surface area contributed by atoms with Crippen molar-refractivity contribution in [2.75, 3.05) is 0 Å². The third-order valence-corrected chi connectivity index (χ3v) is 3.58. The van der Waals surface area contributed by atoms with E-state index < -0.39 is 0 Å². The molecule has 86 valence electrons. The molecule has 1 rings (SSSR count). The zero-order valence-corrected chi connectivity index (χ0v) is 10.3.